The standard InChI is InChI=1S/C21H28N2O2S/c1-3-20(24)23(18-8-5-4-6-9-18)21(25-2)12-15-22(16-13-21)14-11-19-10-7-17-26-19/h4-10,17H,3,11-16H2,1-2H3/i1D3,2D3,3D2,4D,5D,6D,8D,9D. The molecule has 1 aliphatic rings. The first kappa shape index (κ1) is 8.55. The fourth-order valence-corrected chi connectivity index (χ4v) is 3.82. The first-order chi connectivity index (χ1) is 17.8. The summed E-state index contributed by atoms with van der Waals surface area (Å²) in [5.41, 5.74) is -3.09. The highest BCUT2D eigenvalue weighted by Crippen LogP contribution is 2.34. The lowest BCUT2D eigenvalue weighted by Gasteiger charge is -2.47. The summed E-state index contributed by atoms with van der Waals surface area (Å²) < 4.78 is 109. The van der Waals surface area contributed by atoms with E-state index in [9.17, 15) is 4.79 Å². The van der Waals surface area contributed by atoms with E-state index in [1.807, 2.05) is 22.4 Å². The number of thiophene rings is 1. The van der Waals surface area contributed by atoms with Crippen LogP contribution in [0.4, 0.5) is 5.69 Å². The molecule has 1 amide bonds. The molecule has 0 unspecified atom stereocenters. The van der Waals surface area contributed by atoms with Gasteiger partial charge in [-0.2, -0.15) is 0 Å². The van der Waals surface area contributed by atoms with Gasteiger partial charge in [-0.15, -0.1) is 11.3 Å². The molecule has 5 heteroatoms. The van der Waals surface area contributed by atoms with Gasteiger partial charge in [0.15, 0.2) is 0 Å². The second kappa shape index (κ2) is 8.80. The quantitative estimate of drug-likeness (QED) is 0.671. The van der Waals surface area contributed by atoms with Crippen LogP contribution < -0.4 is 4.90 Å². The molecule has 1 saturated heterocycles. The smallest absolute Gasteiger partial charge is 0.229 e. The molecule has 1 aliphatic heterocycles. The number of ether oxygens (including phenoxy) is 1. The predicted molar refractivity (Wildman–Crippen MR) is 108 cm³/mol. The Morgan fingerprint density at radius 3 is 2.88 bits per heavy atom. The van der Waals surface area contributed by atoms with Gasteiger partial charge in [0.1, 0.15) is 5.72 Å². The van der Waals surface area contributed by atoms with E-state index < -0.39 is 67.8 Å². The molecule has 0 spiro atoms. The summed E-state index contributed by atoms with van der Waals surface area (Å²) in [6.45, 7) is -2.68. The number of hydrogen-bond donors (Lipinski definition) is 0. The molecule has 26 heavy (non-hydrogen) atoms. The number of carbonyl (C=O) groups excluding carboxylic acids is 1. The maximum Gasteiger partial charge on any atom is 0.229 e. The summed E-state index contributed by atoms with van der Waals surface area (Å²) in [7, 11) is -3.17. The normalized spacial score (nSPS) is 25.9. The van der Waals surface area contributed by atoms with Crippen LogP contribution in [-0.4, -0.2) is 43.2 Å². The zero-order valence-corrected chi connectivity index (χ0v) is 14.9. The highest BCUT2D eigenvalue weighted by molar-refractivity contribution is 7.09. The lowest BCUT2D eigenvalue weighted by atomic mass is 9.96. The third-order valence-electron chi connectivity index (χ3n) is 4.51. The number of likely N-dealkylation sites (tertiary alicyclic amines) is 1. The van der Waals surface area contributed by atoms with Gasteiger partial charge in [0.2, 0.25) is 5.91 Å². The van der Waals surface area contributed by atoms with Crippen LogP contribution in [0.5, 0.6) is 0 Å². The van der Waals surface area contributed by atoms with Crippen LogP contribution in [0, 0.1) is 0 Å². The van der Waals surface area contributed by atoms with E-state index in [1.165, 1.54) is 0 Å². The molecule has 0 saturated carbocycles. The molecular weight excluding hydrogens is 344 g/mol. The second-order valence-electron chi connectivity index (χ2n) is 5.96. The van der Waals surface area contributed by atoms with Crippen LogP contribution in [0.3, 0.4) is 0 Å². The Morgan fingerprint density at radius 1 is 1.42 bits per heavy atom. The van der Waals surface area contributed by atoms with Crippen molar-refractivity contribution in [1.82, 2.24) is 4.90 Å². The second-order valence-corrected chi connectivity index (χ2v) is 6.99. The Hall–Kier alpha value is -1.69. The Balaban J connectivity index is 2.17. The van der Waals surface area contributed by atoms with Gasteiger partial charge in [-0.1, -0.05) is 31.0 Å². The third-order valence-corrected chi connectivity index (χ3v) is 5.45. The number of piperidine rings is 1. The minimum absolute atomic E-state index is 0.140. The van der Waals surface area contributed by atoms with Gasteiger partial charge >= 0.3 is 0 Å². The molecule has 1 aromatic heterocycles. The third kappa shape index (κ3) is 4.17. The number of anilines is 1. The van der Waals surface area contributed by atoms with Crippen LogP contribution >= 0.6 is 11.3 Å². The number of hydrogen-bond acceptors (Lipinski definition) is 4. The van der Waals surface area contributed by atoms with E-state index in [0.29, 0.717) is 17.9 Å². The number of benzene rings is 1. The largest absolute Gasteiger partial charge is 0.358 e. The average Bonchev–Trinajstić information content (AvgIpc) is 3.35. The average molecular weight is 386 g/mol. The van der Waals surface area contributed by atoms with E-state index in [2.05, 4.69) is 0 Å². The molecule has 140 valence electrons. The lowest BCUT2D eigenvalue weighted by Crippen LogP contribution is -2.59. The van der Waals surface area contributed by atoms with Crippen molar-refractivity contribution in [2.24, 2.45) is 0 Å². The molecular formula is C21H28N2O2S. The van der Waals surface area contributed by atoms with Gasteiger partial charge in [-0.05, 0) is 30.0 Å². The van der Waals surface area contributed by atoms with E-state index >= 15 is 0 Å². The zero-order chi connectivity index (χ0) is 29.6. The first-order valence-electron chi connectivity index (χ1n) is 14.7. The number of para-hydroxylation sites is 1. The van der Waals surface area contributed by atoms with Gasteiger partial charge in [0, 0.05) is 63.3 Å². The molecule has 2 aromatic rings. The van der Waals surface area contributed by atoms with Crippen molar-refractivity contribution in [1.29, 1.82) is 0 Å². The highest BCUT2D eigenvalue weighted by atomic mass is 32.1. The Labute approximate surface area is 178 Å². The number of nitrogens with zero attached hydrogens (tertiary/aromatic N) is 2. The number of rotatable bonds is 7. The molecule has 1 aromatic carbocycles. The predicted octanol–water partition coefficient (Wildman–Crippen LogP) is 4.17. The minimum atomic E-state index is -3.61. The molecule has 2 heterocycles. The van der Waals surface area contributed by atoms with Gasteiger partial charge in [-0.25, -0.2) is 0 Å². The van der Waals surface area contributed by atoms with Crippen molar-refractivity contribution in [3.8, 4) is 0 Å². The van der Waals surface area contributed by atoms with Crippen molar-refractivity contribution in [2.75, 3.05) is 31.6 Å². The van der Waals surface area contributed by atoms with Crippen molar-refractivity contribution >= 4 is 22.9 Å². The Bertz CT molecular complexity index is 1160. The summed E-state index contributed by atoms with van der Waals surface area (Å²) in [6, 6.07) is -0.505. The first-order valence-corrected chi connectivity index (χ1v) is 9.07. The molecule has 0 radical (unpaired) electrons. The van der Waals surface area contributed by atoms with Crippen molar-refractivity contribution in [2.45, 2.75) is 38.2 Å². The molecule has 0 aliphatic carbocycles. The Morgan fingerprint density at radius 2 is 2.23 bits per heavy atom. The topological polar surface area (TPSA) is 32.8 Å². The number of amides is 1. The number of methoxy groups -OCH3 is 1. The van der Waals surface area contributed by atoms with Gasteiger partial charge in [-0.3, -0.25) is 9.69 Å². The van der Waals surface area contributed by atoms with Crippen molar-refractivity contribution < 1.29 is 27.4 Å². The molecule has 0 N–H and O–H groups in total. The molecule has 1 fully saturated rings. The summed E-state index contributed by atoms with van der Waals surface area (Å²) in [5.74, 6) is -1.79. The van der Waals surface area contributed by atoms with Crippen LogP contribution in [-0.2, 0) is 16.0 Å². The molecule has 0 atom stereocenters. The van der Waals surface area contributed by atoms with Crippen LogP contribution in [0.25, 0.3) is 0 Å². The highest BCUT2D eigenvalue weighted by Gasteiger charge is 2.42. The van der Waals surface area contributed by atoms with Gasteiger partial charge in [0.25, 0.3) is 0 Å². The van der Waals surface area contributed by atoms with Crippen molar-refractivity contribution in [3.63, 3.8) is 0 Å². The monoisotopic (exact) mass is 385 g/mol. The number of carbonyl (C=O) groups is 1. The van der Waals surface area contributed by atoms with Crippen LogP contribution in [0.15, 0.2) is 47.7 Å². The van der Waals surface area contributed by atoms with Gasteiger partial charge in [0.05, 0.1) is 11.0 Å². The van der Waals surface area contributed by atoms with E-state index in [4.69, 9.17) is 22.6 Å². The fraction of sp³-hybridized carbons (Fsp3) is 0.476. The minimum Gasteiger partial charge on any atom is -0.358 e. The van der Waals surface area contributed by atoms with E-state index in [-0.39, 0.29) is 25.9 Å². The summed E-state index contributed by atoms with van der Waals surface area (Å²) in [4.78, 5) is 17.2. The van der Waals surface area contributed by atoms with Crippen LogP contribution in [0.1, 0.15) is 48.8 Å². The molecule has 4 nitrogen and oxygen atoms in total. The van der Waals surface area contributed by atoms with E-state index in [0.717, 1.165) is 4.88 Å². The maximum absolute atomic E-state index is 13.8. The van der Waals surface area contributed by atoms with Crippen molar-refractivity contribution in [3.05, 3.63) is 52.6 Å². The summed E-state index contributed by atoms with van der Waals surface area (Å²) in [5, 5.41) is 1.93. The molecule has 3 rings (SSSR count). The fourth-order valence-electron chi connectivity index (χ4n) is 3.12. The zero-order valence-electron chi connectivity index (χ0n) is 27.1. The molecule has 0 bridgehead atoms. The SMILES string of the molecule is [2H]c1c([2H])c([2H])c(N(C(=O)C([2H])([2H])C([2H])([2H])[2H])C2(OC([2H])([2H])[2H])CCN(CCc3cccs3)CC2)c([2H])c1[2H]. The summed E-state index contributed by atoms with van der Waals surface area (Å²) >= 11 is 1.57. The summed E-state index contributed by atoms with van der Waals surface area (Å²) in [6.07, 6.45) is -3.45. The van der Waals surface area contributed by atoms with Crippen LogP contribution in [0.2, 0.25) is 0 Å². The Kier molecular flexibility index (Phi) is 2.89. The lowest BCUT2D eigenvalue weighted by molar-refractivity contribution is -0.128. The van der Waals surface area contributed by atoms with E-state index in [1.54, 1.807) is 11.3 Å². The maximum atomic E-state index is 13.8. The van der Waals surface area contributed by atoms with Gasteiger partial charge < -0.3 is 9.64 Å².